The summed E-state index contributed by atoms with van der Waals surface area (Å²) < 4.78 is 29.5. The average Bonchev–Trinajstić information content (AvgIpc) is 2.60. The number of aryl methyl sites for hydroxylation is 1. The van der Waals surface area contributed by atoms with Gasteiger partial charge in [0.2, 0.25) is 5.88 Å². The second-order valence-electron chi connectivity index (χ2n) is 3.94. The first-order valence-electron chi connectivity index (χ1n) is 5.22. The first-order chi connectivity index (χ1) is 8.40. The van der Waals surface area contributed by atoms with Crippen LogP contribution in [0.5, 0.6) is 5.88 Å². The van der Waals surface area contributed by atoms with Crippen molar-refractivity contribution in [2.24, 2.45) is 0 Å². The van der Waals surface area contributed by atoms with Crippen LogP contribution in [0.4, 0.5) is 0 Å². The number of nitrogens with one attached hydrogen (secondary N) is 1. The molecular weight excluding hydrogens is 274 g/mol. The zero-order valence-corrected chi connectivity index (χ0v) is 11.6. The lowest BCUT2D eigenvalue weighted by Gasteiger charge is -2.03. The van der Waals surface area contributed by atoms with Gasteiger partial charge >= 0.3 is 0 Å². The molecule has 0 saturated heterocycles. The Bertz CT molecular complexity index is 730. The molecule has 98 valence electrons. The van der Waals surface area contributed by atoms with Gasteiger partial charge in [-0.2, -0.15) is 4.98 Å². The van der Waals surface area contributed by atoms with E-state index in [2.05, 4.69) is 9.97 Å². The normalized spacial score (nSPS) is 11.9. The first-order valence-corrected chi connectivity index (χ1v) is 7.69. The Balaban J connectivity index is 2.48. The largest absolute Gasteiger partial charge is 0.481 e. The van der Waals surface area contributed by atoms with Crippen molar-refractivity contribution in [2.45, 2.75) is 6.54 Å². The van der Waals surface area contributed by atoms with Gasteiger partial charge in [-0.25, -0.2) is 8.42 Å². The molecule has 0 aliphatic rings. The molecule has 6 nitrogen and oxygen atoms in total. The molecule has 0 aromatic carbocycles. The molecule has 0 unspecified atom stereocenters. The Labute approximate surface area is 110 Å². The molecule has 0 saturated carbocycles. The van der Waals surface area contributed by atoms with Crippen molar-refractivity contribution >= 4 is 33.2 Å². The number of fused-ring (bicyclic) bond motifs is 1. The molecule has 0 aliphatic carbocycles. The van der Waals surface area contributed by atoms with Gasteiger partial charge in [-0.15, -0.1) is 0 Å². The van der Waals surface area contributed by atoms with Gasteiger partial charge < -0.3 is 14.3 Å². The fourth-order valence-corrected chi connectivity index (χ4v) is 2.39. The van der Waals surface area contributed by atoms with Crippen molar-refractivity contribution < 1.29 is 13.2 Å². The van der Waals surface area contributed by atoms with Gasteiger partial charge in [0.1, 0.15) is 9.84 Å². The Morgan fingerprint density at radius 3 is 2.83 bits per heavy atom. The number of methoxy groups -OCH3 is 1. The Morgan fingerprint density at radius 1 is 1.50 bits per heavy atom. The van der Waals surface area contributed by atoms with Crippen molar-refractivity contribution in [3.05, 3.63) is 16.9 Å². The van der Waals surface area contributed by atoms with Crippen LogP contribution in [-0.4, -0.2) is 42.1 Å². The van der Waals surface area contributed by atoms with E-state index >= 15 is 0 Å². The number of sulfone groups is 1. The molecule has 0 atom stereocenters. The maximum atomic E-state index is 11.2. The number of imidazole rings is 1. The van der Waals surface area contributed by atoms with Gasteiger partial charge in [0.05, 0.1) is 18.4 Å². The molecule has 2 aromatic rings. The molecule has 18 heavy (non-hydrogen) atoms. The van der Waals surface area contributed by atoms with Crippen molar-refractivity contribution in [3.63, 3.8) is 0 Å². The molecule has 2 rings (SSSR count). The van der Waals surface area contributed by atoms with Crippen LogP contribution in [0.3, 0.4) is 0 Å². The molecule has 1 N–H and O–H groups in total. The van der Waals surface area contributed by atoms with E-state index in [-0.39, 0.29) is 12.3 Å². The van der Waals surface area contributed by atoms with Gasteiger partial charge in [0, 0.05) is 18.9 Å². The number of hydrogen-bond donors (Lipinski definition) is 1. The van der Waals surface area contributed by atoms with Crippen LogP contribution in [0.1, 0.15) is 0 Å². The Kier molecular flexibility index (Phi) is 3.40. The van der Waals surface area contributed by atoms with Crippen molar-refractivity contribution in [2.75, 3.05) is 19.1 Å². The summed E-state index contributed by atoms with van der Waals surface area (Å²) in [5.74, 6) is 0.484. The van der Waals surface area contributed by atoms with E-state index in [1.807, 2.05) is 0 Å². The van der Waals surface area contributed by atoms with Gasteiger partial charge in [-0.05, 0) is 18.3 Å². The summed E-state index contributed by atoms with van der Waals surface area (Å²) in [6.07, 6.45) is 1.19. The molecular formula is C10H13N3O3S2. The number of pyridine rings is 1. The lowest BCUT2D eigenvalue weighted by Crippen LogP contribution is -2.11. The topological polar surface area (TPSA) is 77.0 Å². The van der Waals surface area contributed by atoms with Crippen LogP contribution >= 0.6 is 12.2 Å². The van der Waals surface area contributed by atoms with Crippen molar-refractivity contribution in [3.8, 4) is 5.88 Å². The maximum absolute atomic E-state index is 11.2. The van der Waals surface area contributed by atoms with E-state index in [0.717, 1.165) is 5.52 Å². The second-order valence-corrected chi connectivity index (χ2v) is 6.58. The monoisotopic (exact) mass is 287 g/mol. The van der Waals surface area contributed by atoms with Gasteiger partial charge in [-0.3, -0.25) is 0 Å². The minimum atomic E-state index is -3.04. The van der Waals surface area contributed by atoms with Crippen molar-refractivity contribution in [1.29, 1.82) is 0 Å². The number of ether oxygens (including phenoxy) is 1. The highest BCUT2D eigenvalue weighted by Gasteiger charge is 2.10. The molecule has 0 fully saturated rings. The summed E-state index contributed by atoms with van der Waals surface area (Å²) in [6.45, 7) is 0.276. The van der Waals surface area contributed by atoms with E-state index in [9.17, 15) is 8.42 Å². The van der Waals surface area contributed by atoms with E-state index in [0.29, 0.717) is 16.3 Å². The van der Waals surface area contributed by atoms with E-state index in [4.69, 9.17) is 17.0 Å². The lowest BCUT2D eigenvalue weighted by atomic mass is 10.4. The third kappa shape index (κ3) is 2.70. The molecule has 8 heteroatoms. The molecule has 0 radical (unpaired) electrons. The first kappa shape index (κ1) is 13.0. The quantitative estimate of drug-likeness (QED) is 0.854. The lowest BCUT2D eigenvalue weighted by molar-refractivity contribution is 0.399. The second kappa shape index (κ2) is 4.69. The van der Waals surface area contributed by atoms with E-state index in [1.54, 1.807) is 16.7 Å². The van der Waals surface area contributed by atoms with Crippen LogP contribution in [0.15, 0.2) is 12.1 Å². The fraction of sp³-hybridized carbons (Fsp3) is 0.400. The molecule has 0 spiro atoms. The summed E-state index contributed by atoms with van der Waals surface area (Å²) >= 11 is 5.15. The fourth-order valence-electron chi connectivity index (χ4n) is 1.59. The minimum Gasteiger partial charge on any atom is -0.481 e. The van der Waals surface area contributed by atoms with Crippen LogP contribution in [0.2, 0.25) is 0 Å². The van der Waals surface area contributed by atoms with Gasteiger partial charge in [-0.1, -0.05) is 0 Å². The SMILES string of the molecule is COc1ccc2[nH]c(=S)n(CCS(C)(=O)=O)c2n1. The Hall–Kier alpha value is -1.41. The smallest absolute Gasteiger partial charge is 0.215 e. The van der Waals surface area contributed by atoms with E-state index in [1.165, 1.54) is 13.4 Å². The number of H-pyrrole nitrogens is 1. The molecule has 0 bridgehead atoms. The number of nitrogens with zero attached hydrogens (tertiary/aromatic N) is 2. The third-order valence-corrected chi connectivity index (χ3v) is 3.73. The average molecular weight is 287 g/mol. The summed E-state index contributed by atoms with van der Waals surface area (Å²) in [5.41, 5.74) is 1.36. The molecule has 2 heterocycles. The number of rotatable bonds is 4. The van der Waals surface area contributed by atoms with Crippen molar-refractivity contribution in [1.82, 2.24) is 14.5 Å². The number of hydrogen-bond acceptors (Lipinski definition) is 5. The summed E-state index contributed by atoms with van der Waals surface area (Å²) in [7, 11) is -1.52. The standard InChI is InChI=1S/C10H13N3O3S2/c1-16-8-4-3-7-9(12-8)13(10(17)11-7)5-6-18(2,14)15/h3-4H,5-6H2,1-2H3,(H,11,17). The number of aromatic nitrogens is 3. The minimum absolute atomic E-state index is 0.0210. The predicted octanol–water partition coefficient (Wildman–Crippen LogP) is 1.15. The zero-order valence-electron chi connectivity index (χ0n) is 10.0. The summed E-state index contributed by atoms with van der Waals surface area (Å²) in [5, 5.41) is 0. The van der Waals surface area contributed by atoms with Crippen LogP contribution < -0.4 is 4.74 Å². The van der Waals surface area contributed by atoms with Gasteiger partial charge in [0.25, 0.3) is 0 Å². The van der Waals surface area contributed by atoms with Gasteiger partial charge in [0.15, 0.2) is 10.4 Å². The van der Waals surface area contributed by atoms with Crippen LogP contribution in [0, 0.1) is 4.77 Å². The summed E-state index contributed by atoms with van der Waals surface area (Å²) in [6, 6.07) is 3.52. The maximum Gasteiger partial charge on any atom is 0.215 e. The van der Waals surface area contributed by atoms with Crippen LogP contribution in [-0.2, 0) is 16.4 Å². The zero-order chi connectivity index (χ0) is 13.3. The van der Waals surface area contributed by atoms with Crippen LogP contribution in [0.25, 0.3) is 11.2 Å². The highest BCUT2D eigenvalue weighted by atomic mass is 32.2. The highest BCUT2D eigenvalue weighted by molar-refractivity contribution is 7.90. The highest BCUT2D eigenvalue weighted by Crippen LogP contribution is 2.16. The summed E-state index contributed by atoms with van der Waals surface area (Å²) in [4.78, 5) is 7.24. The number of aromatic amines is 1. The molecule has 0 aliphatic heterocycles. The molecule has 2 aromatic heterocycles. The third-order valence-electron chi connectivity index (χ3n) is 2.49. The Morgan fingerprint density at radius 2 is 2.22 bits per heavy atom. The van der Waals surface area contributed by atoms with E-state index < -0.39 is 9.84 Å². The predicted molar refractivity (Wildman–Crippen MR) is 71.2 cm³/mol. The molecule has 0 amide bonds.